The fourth-order valence-electron chi connectivity index (χ4n) is 3.52. The molecular weight excluding hydrogens is 413 g/mol. The van der Waals surface area contributed by atoms with E-state index in [9.17, 15) is 26.4 Å². The molecule has 2 heterocycles. The molecule has 10 heteroatoms. The molecule has 0 aromatic heterocycles. The Labute approximate surface area is 166 Å². The normalized spacial score (nSPS) is 25.5. The molecule has 28 heavy (non-hydrogen) atoms. The minimum Gasteiger partial charge on any atom is -0.316 e. The van der Waals surface area contributed by atoms with Gasteiger partial charge in [-0.15, -0.1) is 0 Å². The molecule has 1 amide bonds. The molecule has 1 aromatic rings. The summed E-state index contributed by atoms with van der Waals surface area (Å²) in [6, 6.07) is 4.17. The lowest BCUT2D eigenvalue weighted by molar-refractivity contribution is -0.137. The number of hydrogen-bond acceptors (Lipinski definition) is 4. The Bertz CT molecular complexity index is 896. The molecule has 0 aliphatic carbocycles. The number of alkyl halides is 3. The zero-order valence-electron chi connectivity index (χ0n) is 15.4. The number of rotatable bonds is 4. The van der Waals surface area contributed by atoms with Crippen molar-refractivity contribution in [2.24, 2.45) is 10.9 Å². The van der Waals surface area contributed by atoms with Crippen LogP contribution in [0.3, 0.4) is 0 Å². The minimum atomic E-state index is -4.52. The summed E-state index contributed by atoms with van der Waals surface area (Å²) >= 11 is 1.16. The van der Waals surface area contributed by atoms with Gasteiger partial charge < -0.3 is 4.90 Å². The summed E-state index contributed by atoms with van der Waals surface area (Å²) in [5.74, 6) is -0.831. The number of thioether (sulfide) groups is 1. The van der Waals surface area contributed by atoms with Crippen LogP contribution in [0.25, 0.3) is 0 Å². The van der Waals surface area contributed by atoms with E-state index in [0.29, 0.717) is 12.8 Å². The maximum absolute atomic E-state index is 13.1. The number of anilines is 1. The predicted molar refractivity (Wildman–Crippen MR) is 104 cm³/mol. The Morgan fingerprint density at radius 2 is 1.96 bits per heavy atom. The van der Waals surface area contributed by atoms with Crippen LogP contribution in [-0.4, -0.2) is 42.3 Å². The molecule has 2 unspecified atom stereocenters. The second-order valence-electron chi connectivity index (χ2n) is 6.96. The maximum atomic E-state index is 13.1. The highest BCUT2D eigenvalue weighted by atomic mass is 32.2. The predicted octanol–water partition coefficient (Wildman–Crippen LogP) is 3.74. The number of nitrogens with zero attached hydrogens (tertiary/aromatic N) is 2. The summed E-state index contributed by atoms with van der Waals surface area (Å²) in [4.78, 5) is 18.2. The largest absolute Gasteiger partial charge is 0.416 e. The van der Waals surface area contributed by atoms with Crippen LogP contribution < -0.4 is 4.90 Å². The zero-order valence-corrected chi connectivity index (χ0v) is 17.1. The number of hydrogen-bond donors (Lipinski definition) is 0. The third-order valence-corrected chi connectivity index (χ3v) is 8.27. The van der Waals surface area contributed by atoms with Gasteiger partial charge in [-0.2, -0.15) is 18.2 Å². The van der Waals surface area contributed by atoms with Crippen molar-refractivity contribution in [3.05, 3.63) is 29.8 Å². The lowest BCUT2D eigenvalue weighted by Crippen LogP contribution is -2.38. The molecule has 1 aromatic carbocycles. The van der Waals surface area contributed by atoms with Crippen LogP contribution in [0.1, 0.15) is 32.3 Å². The second kappa shape index (κ2) is 7.70. The summed E-state index contributed by atoms with van der Waals surface area (Å²) in [7, 11) is -3.29. The first-order chi connectivity index (χ1) is 13.1. The number of fused-ring (bicyclic) bond motifs is 1. The van der Waals surface area contributed by atoms with Gasteiger partial charge in [0.15, 0.2) is 15.0 Å². The van der Waals surface area contributed by atoms with Gasteiger partial charge in [0.25, 0.3) is 5.91 Å². The first kappa shape index (κ1) is 21.2. The van der Waals surface area contributed by atoms with Gasteiger partial charge in [0.05, 0.1) is 23.1 Å². The van der Waals surface area contributed by atoms with E-state index in [2.05, 4.69) is 4.99 Å². The monoisotopic (exact) mass is 434 g/mol. The summed E-state index contributed by atoms with van der Waals surface area (Å²) in [5, 5.41) is -0.0751. The number of sulfone groups is 1. The van der Waals surface area contributed by atoms with Crippen LogP contribution in [0, 0.1) is 5.92 Å². The van der Waals surface area contributed by atoms with Crippen molar-refractivity contribution in [1.82, 2.24) is 0 Å². The molecule has 0 N–H and O–H groups in total. The van der Waals surface area contributed by atoms with E-state index < -0.39 is 27.6 Å². The number of aliphatic imine (C=N–C) groups is 1. The molecule has 3 rings (SSSR count). The van der Waals surface area contributed by atoms with Gasteiger partial charge >= 0.3 is 6.18 Å². The van der Waals surface area contributed by atoms with Crippen molar-refractivity contribution in [3.8, 4) is 0 Å². The summed E-state index contributed by atoms with van der Waals surface area (Å²) < 4.78 is 63.5. The average Bonchev–Trinajstić information content (AvgIpc) is 3.06. The standard InChI is InChI=1S/C18H21F3N2O3S2/c1-3-11(4-2)16(24)22-17-23(14-9-28(25,26)10-15(14)27-17)13-7-5-6-12(8-13)18(19,20)21/h5-8,11,14-15H,3-4,9-10H2,1-2H3. The van der Waals surface area contributed by atoms with Crippen LogP contribution >= 0.6 is 11.8 Å². The van der Waals surface area contributed by atoms with E-state index in [0.717, 1.165) is 23.9 Å². The smallest absolute Gasteiger partial charge is 0.316 e. The van der Waals surface area contributed by atoms with Crippen molar-refractivity contribution < 1.29 is 26.4 Å². The van der Waals surface area contributed by atoms with Gasteiger partial charge in [0.2, 0.25) is 0 Å². The Hall–Kier alpha value is -1.55. The Kier molecular flexibility index (Phi) is 5.82. The molecule has 2 fully saturated rings. The van der Waals surface area contributed by atoms with Gasteiger partial charge in [0.1, 0.15) is 0 Å². The topological polar surface area (TPSA) is 66.8 Å². The van der Waals surface area contributed by atoms with E-state index in [4.69, 9.17) is 0 Å². The van der Waals surface area contributed by atoms with Crippen molar-refractivity contribution in [1.29, 1.82) is 0 Å². The van der Waals surface area contributed by atoms with E-state index in [1.54, 1.807) is 0 Å². The van der Waals surface area contributed by atoms with Crippen molar-refractivity contribution >= 4 is 38.4 Å². The first-order valence-corrected chi connectivity index (χ1v) is 11.7. The van der Waals surface area contributed by atoms with E-state index in [1.807, 2.05) is 13.8 Å². The third kappa shape index (κ3) is 4.22. The van der Waals surface area contributed by atoms with Gasteiger partial charge in [-0.3, -0.25) is 4.79 Å². The number of benzene rings is 1. The van der Waals surface area contributed by atoms with Gasteiger partial charge in [0, 0.05) is 16.9 Å². The van der Waals surface area contributed by atoms with Crippen LogP contribution in [0.2, 0.25) is 0 Å². The van der Waals surface area contributed by atoms with Gasteiger partial charge in [-0.1, -0.05) is 31.7 Å². The quantitative estimate of drug-likeness (QED) is 0.722. The molecule has 0 bridgehead atoms. The lowest BCUT2D eigenvalue weighted by Gasteiger charge is -2.25. The van der Waals surface area contributed by atoms with Gasteiger partial charge in [-0.05, 0) is 31.0 Å². The molecule has 0 radical (unpaired) electrons. The number of amides is 1. The molecule has 2 aliphatic heterocycles. The maximum Gasteiger partial charge on any atom is 0.416 e. The summed E-state index contributed by atoms with van der Waals surface area (Å²) in [6.07, 6.45) is -3.30. The highest BCUT2D eigenvalue weighted by molar-refractivity contribution is 8.16. The number of carbonyl (C=O) groups is 1. The number of halogens is 3. The third-order valence-electron chi connectivity index (χ3n) is 5.06. The highest BCUT2D eigenvalue weighted by Gasteiger charge is 2.49. The lowest BCUT2D eigenvalue weighted by atomic mass is 10.0. The minimum absolute atomic E-state index is 0.0734. The molecular formula is C18H21F3N2O3S2. The molecule has 154 valence electrons. The number of amidine groups is 1. The molecule has 2 aliphatic rings. The fourth-order valence-corrected chi connectivity index (χ4v) is 7.44. The Balaban J connectivity index is 2.03. The van der Waals surface area contributed by atoms with Crippen LogP contribution in [-0.2, 0) is 20.8 Å². The van der Waals surface area contributed by atoms with Gasteiger partial charge in [-0.25, -0.2) is 8.42 Å². The van der Waals surface area contributed by atoms with E-state index in [1.165, 1.54) is 17.0 Å². The van der Waals surface area contributed by atoms with Crippen molar-refractivity contribution in [3.63, 3.8) is 0 Å². The SMILES string of the molecule is CCC(CC)C(=O)N=C1SC2CS(=O)(=O)CC2N1c1cccc(C(F)(F)F)c1. The van der Waals surface area contributed by atoms with Crippen LogP contribution in [0.15, 0.2) is 29.3 Å². The Morgan fingerprint density at radius 1 is 1.29 bits per heavy atom. The summed E-state index contributed by atoms with van der Waals surface area (Å²) in [6.45, 7) is 3.75. The average molecular weight is 435 g/mol. The van der Waals surface area contributed by atoms with Crippen LogP contribution in [0.4, 0.5) is 18.9 Å². The molecule has 0 saturated carbocycles. The molecule has 2 saturated heterocycles. The number of carbonyl (C=O) groups excluding carboxylic acids is 1. The zero-order chi connectivity index (χ0) is 20.7. The first-order valence-electron chi connectivity index (χ1n) is 9.01. The molecule has 2 atom stereocenters. The van der Waals surface area contributed by atoms with Crippen molar-refractivity contribution in [2.75, 3.05) is 16.4 Å². The second-order valence-corrected chi connectivity index (χ2v) is 10.3. The fraction of sp³-hybridized carbons (Fsp3) is 0.556. The van der Waals surface area contributed by atoms with Crippen LogP contribution in [0.5, 0.6) is 0 Å². The van der Waals surface area contributed by atoms with Crippen molar-refractivity contribution in [2.45, 2.75) is 44.2 Å². The molecule has 0 spiro atoms. The highest BCUT2D eigenvalue weighted by Crippen LogP contribution is 2.42. The Morgan fingerprint density at radius 3 is 2.57 bits per heavy atom. The van der Waals surface area contributed by atoms with E-state index >= 15 is 0 Å². The summed E-state index contributed by atoms with van der Waals surface area (Å²) in [5.41, 5.74) is -0.631. The van der Waals surface area contributed by atoms with E-state index in [-0.39, 0.29) is 39.4 Å². The molecule has 5 nitrogen and oxygen atoms in total.